The van der Waals surface area contributed by atoms with Crippen LogP contribution in [0.25, 0.3) is 5.69 Å². The fourth-order valence-electron chi connectivity index (χ4n) is 2.96. The molecule has 3 aromatic rings. The van der Waals surface area contributed by atoms with E-state index in [0.29, 0.717) is 0 Å². The van der Waals surface area contributed by atoms with Crippen LogP contribution in [0, 0.1) is 27.7 Å². The van der Waals surface area contributed by atoms with E-state index in [4.69, 9.17) is 0 Å². The molecule has 4 nitrogen and oxygen atoms in total. The SMILES string of the molecule is Cc1cc(C)c(C(=O)C(C)Sc2nncn2-c2ccccc2C)cc1C. The van der Waals surface area contributed by atoms with Gasteiger partial charge in [0.15, 0.2) is 10.9 Å². The van der Waals surface area contributed by atoms with E-state index in [0.717, 1.165) is 33.1 Å². The second kappa shape index (κ2) is 7.46. The lowest BCUT2D eigenvalue weighted by atomic mass is 9.97. The summed E-state index contributed by atoms with van der Waals surface area (Å²) in [6.07, 6.45) is 1.70. The van der Waals surface area contributed by atoms with Crippen LogP contribution >= 0.6 is 11.8 Å². The highest BCUT2D eigenvalue weighted by Gasteiger charge is 2.22. The van der Waals surface area contributed by atoms with E-state index >= 15 is 0 Å². The monoisotopic (exact) mass is 365 g/mol. The van der Waals surface area contributed by atoms with Crippen LogP contribution in [0.4, 0.5) is 0 Å². The minimum atomic E-state index is -0.247. The van der Waals surface area contributed by atoms with Crippen molar-refractivity contribution >= 4 is 17.5 Å². The number of para-hydroxylation sites is 1. The van der Waals surface area contributed by atoms with Crippen LogP contribution in [0.5, 0.6) is 0 Å². The highest BCUT2D eigenvalue weighted by atomic mass is 32.2. The lowest BCUT2D eigenvalue weighted by Gasteiger charge is -2.15. The summed E-state index contributed by atoms with van der Waals surface area (Å²) in [7, 11) is 0. The standard InChI is InChI=1S/C21H23N3OS/c1-13-8-6-7-9-19(13)24-12-22-23-21(24)26-17(5)20(25)18-11-15(3)14(2)10-16(18)4/h6-12,17H,1-5H3. The molecule has 2 aromatic carbocycles. The summed E-state index contributed by atoms with van der Waals surface area (Å²) in [5.74, 6) is 0.120. The van der Waals surface area contributed by atoms with Gasteiger partial charge in [-0.3, -0.25) is 9.36 Å². The maximum absolute atomic E-state index is 13.0. The number of carbonyl (C=O) groups excluding carboxylic acids is 1. The van der Waals surface area contributed by atoms with Crippen molar-refractivity contribution in [2.75, 3.05) is 0 Å². The van der Waals surface area contributed by atoms with E-state index in [9.17, 15) is 4.79 Å². The molecule has 0 fully saturated rings. The van der Waals surface area contributed by atoms with Crippen LogP contribution in [-0.2, 0) is 0 Å². The van der Waals surface area contributed by atoms with Crippen molar-refractivity contribution in [3.05, 3.63) is 70.5 Å². The summed E-state index contributed by atoms with van der Waals surface area (Å²) in [4.78, 5) is 13.0. The molecule has 26 heavy (non-hydrogen) atoms. The van der Waals surface area contributed by atoms with Gasteiger partial charge in [0.1, 0.15) is 6.33 Å². The summed E-state index contributed by atoms with van der Waals surface area (Å²) in [6, 6.07) is 12.2. The normalized spacial score (nSPS) is 12.2. The molecule has 0 saturated heterocycles. The first kappa shape index (κ1) is 18.4. The highest BCUT2D eigenvalue weighted by molar-refractivity contribution is 8.00. The first-order chi connectivity index (χ1) is 12.4. The van der Waals surface area contributed by atoms with Crippen LogP contribution in [0.15, 0.2) is 47.9 Å². The average molecular weight is 366 g/mol. The molecule has 3 rings (SSSR count). The quantitative estimate of drug-likeness (QED) is 0.478. The van der Waals surface area contributed by atoms with Crippen molar-refractivity contribution in [3.8, 4) is 5.69 Å². The Morgan fingerprint density at radius 3 is 2.42 bits per heavy atom. The second-order valence-corrected chi connectivity index (χ2v) is 7.95. The minimum Gasteiger partial charge on any atom is -0.293 e. The highest BCUT2D eigenvalue weighted by Crippen LogP contribution is 2.28. The molecule has 0 N–H and O–H groups in total. The average Bonchev–Trinajstić information content (AvgIpc) is 3.05. The molecule has 0 aliphatic heterocycles. The topological polar surface area (TPSA) is 47.8 Å². The van der Waals surface area contributed by atoms with E-state index in [-0.39, 0.29) is 11.0 Å². The van der Waals surface area contributed by atoms with E-state index in [1.54, 1.807) is 6.33 Å². The van der Waals surface area contributed by atoms with Crippen LogP contribution in [0.1, 0.15) is 39.5 Å². The van der Waals surface area contributed by atoms with Crippen molar-refractivity contribution in [3.63, 3.8) is 0 Å². The van der Waals surface area contributed by atoms with Crippen molar-refractivity contribution < 1.29 is 4.79 Å². The van der Waals surface area contributed by atoms with Gasteiger partial charge in [0.05, 0.1) is 10.9 Å². The lowest BCUT2D eigenvalue weighted by molar-refractivity contribution is 0.0993. The van der Waals surface area contributed by atoms with Gasteiger partial charge in [-0.05, 0) is 69.0 Å². The molecular weight excluding hydrogens is 342 g/mol. The molecule has 1 aromatic heterocycles. The number of aryl methyl sites for hydroxylation is 4. The summed E-state index contributed by atoms with van der Waals surface area (Å²) in [5.41, 5.74) is 6.32. The molecular formula is C21H23N3OS. The number of Topliss-reactive ketones (excluding diaryl/α,β-unsaturated/α-hetero) is 1. The first-order valence-corrected chi connectivity index (χ1v) is 9.51. The first-order valence-electron chi connectivity index (χ1n) is 8.63. The van der Waals surface area contributed by atoms with E-state index in [1.807, 2.05) is 49.6 Å². The Labute approximate surface area is 158 Å². The zero-order chi connectivity index (χ0) is 18.8. The van der Waals surface area contributed by atoms with Gasteiger partial charge < -0.3 is 0 Å². The van der Waals surface area contributed by atoms with Crippen LogP contribution < -0.4 is 0 Å². The van der Waals surface area contributed by atoms with E-state index in [1.165, 1.54) is 17.3 Å². The van der Waals surface area contributed by atoms with Gasteiger partial charge in [-0.1, -0.05) is 36.0 Å². The third kappa shape index (κ3) is 3.58. The molecule has 0 aliphatic carbocycles. The number of carbonyl (C=O) groups is 1. The Balaban J connectivity index is 1.87. The Hall–Kier alpha value is -2.40. The Morgan fingerprint density at radius 2 is 1.69 bits per heavy atom. The Kier molecular flexibility index (Phi) is 5.28. The van der Waals surface area contributed by atoms with Crippen LogP contribution in [0.2, 0.25) is 0 Å². The zero-order valence-corrected chi connectivity index (χ0v) is 16.6. The van der Waals surface area contributed by atoms with Gasteiger partial charge in [0.25, 0.3) is 0 Å². The van der Waals surface area contributed by atoms with Gasteiger partial charge in [-0.2, -0.15) is 0 Å². The maximum atomic E-state index is 13.0. The summed E-state index contributed by atoms with van der Waals surface area (Å²) >= 11 is 1.44. The van der Waals surface area contributed by atoms with Crippen molar-refractivity contribution in [2.45, 2.75) is 45.0 Å². The molecule has 0 saturated carbocycles. The molecule has 0 aliphatic rings. The molecule has 0 radical (unpaired) electrons. The molecule has 1 unspecified atom stereocenters. The molecule has 5 heteroatoms. The van der Waals surface area contributed by atoms with Gasteiger partial charge in [-0.25, -0.2) is 0 Å². The van der Waals surface area contributed by atoms with E-state index in [2.05, 4.69) is 36.2 Å². The zero-order valence-electron chi connectivity index (χ0n) is 15.8. The maximum Gasteiger partial charge on any atom is 0.196 e. The summed E-state index contributed by atoms with van der Waals surface area (Å²) in [5, 5.41) is 8.75. The smallest absolute Gasteiger partial charge is 0.196 e. The van der Waals surface area contributed by atoms with Gasteiger partial charge >= 0.3 is 0 Å². The summed E-state index contributed by atoms with van der Waals surface area (Å²) in [6.45, 7) is 10.1. The molecule has 1 heterocycles. The molecule has 134 valence electrons. The number of nitrogens with zero attached hydrogens (tertiary/aromatic N) is 3. The number of rotatable bonds is 5. The van der Waals surface area contributed by atoms with Crippen LogP contribution in [-0.4, -0.2) is 25.8 Å². The van der Waals surface area contributed by atoms with Gasteiger partial charge in [0, 0.05) is 5.56 Å². The van der Waals surface area contributed by atoms with Crippen molar-refractivity contribution in [2.24, 2.45) is 0 Å². The van der Waals surface area contributed by atoms with Gasteiger partial charge in [-0.15, -0.1) is 10.2 Å². The molecule has 1 atom stereocenters. The number of thioether (sulfide) groups is 1. The number of ketones is 1. The van der Waals surface area contributed by atoms with Gasteiger partial charge in [0.2, 0.25) is 0 Å². The largest absolute Gasteiger partial charge is 0.293 e. The van der Waals surface area contributed by atoms with Crippen molar-refractivity contribution in [1.82, 2.24) is 14.8 Å². The Bertz CT molecular complexity index is 962. The predicted octanol–water partition coefficient (Wildman–Crippen LogP) is 4.86. The molecule has 0 spiro atoms. The third-order valence-electron chi connectivity index (χ3n) is 4.65. The van der Waals surface area contributed by atoms with E-state index < -0.39 is 0 Å². The lowest BCUT2D eigenvalue weighted by Crippen LogP contribution is -2.16. The number of benzene rings is 2. The number of aromatic nitrogens is 3. The van der Waals surface area contributed by atoms with Crippen LogP contribution in [0.3, 0.4) is 0 Å². The third-order valence-corrected chi connectivity index (χ3v) is 5.71. The number of hydrogen-bond donors (Lipinski definition) is 0. The fourth-order valence-corrected chi connectivity index (χ4v) is 3.86. The fraction of sp³-hybridized carbons (Fsp3) is 0.286. The Morgan fingerprint density at radius 1 is 1.00 bits per heavy atom. The second-order valence-electron chi connectivity index (χ2n) is 6.65. The molecule has 0 bridgehead atoms. The number of hydrogen-bond acceptors (Lipinski definition) is 4. The minimum absolute atomic E-state index is 0.120. The molecule has 0 amide bonds. The predicted molar refractivity (Wildman–Crippen MR) is 106 cm³/mol. The summed E-state index contributed by atoms with van der Waals surface area (Å²) < 4.78 is 1.94. The van der Waals surface area contributed by atoms with Crippen molar-refractivity contribution in [1.29, 1.82) is 0 Å².